The van der Waals surface area contributed by atoms with E-state index in [1.54, 1.807) is 0 Å². The molecule has 0 saturated carbocycles. The summed E-state index contributed by atoms with van der Waals surface area (Å²) in [6.45, 7) is 0.486. The molecule has 0 atom stereocenters. The van der Waals surface area contributed by atoms with Gasteiger partial charge in [0, 0.05) is 13.0 Å². The number of unbranched alkanes of at least 4 members (excludes halogenated alkanes) is 3. The van der Waals surface area contributed by atoms with Crippen molar-refractivity contribution in [2.45, 2.75) is 32.1 Å². The molecule has 0 saturated heterocycles. The fourth-order valence-corrected chi connectivity index (χ4v) is 2.65. The van der Waals surface area contributed by atoms with Crippen LogP contribution in [-0.4, -0.2) is 35.5 Å². The van der Waals surface area contributed by atoms with Gasteiger partial charge in [-0.15, -0.1) is 0 Å². The maximum Gasteiger partial charge on any atom is 0.305 e. The third-order valence-corrected chi connectivity index (χ3v) is 3.86. The quantitative estimate of drug-likeness (QED) is 0.386. The number of nitrogens with one attached hydrogen (secondary N) is 3. The topological polar surface area (TPSA) is 87.0 Å². The Bertz CT molecular complexity index is 784. The molecule has 24 heavy (non-hydrogen) atoms. The lowest BCUT2D eigenvalue weighted by atomic mass is 10.1. The maximum atomic E-state index is 13.6. The minimum absolute atomic E-state index is 0.206. The van der Waals surface area contributed by atoms with Gasteiger partial charge in [-0.2, -0.15) is 0 Å². The number of benzene rings is 1. The molecule has 2 rings (SSSR count). The zero-order valence-electron chi connectivity index (χ0n) is 13.4. The minimum atomic E-state index is -0.499. The number of amides is 1. The van der Waals surface area contributed by atoms with Crippen molar-refractivity contribution in [1.29, 1.82) is 0 Å². The summed E-state index contributed by atoms with van der Waals surface area (Å²) in [6.07, 6.45) is 3.75. The number of carbonyl (C=O) groups is 2. The zero-order chi connectivity index (χ0) is 17.5. The standard InChI is InChI=1S/C16H20FN3O3S/c1-23-13(21)6-4-2-3-5-7-18-15(22)11-8-10(17)9-12-14(11)20-16(24)19-12/h8-9H,2-7H2,1H3,(H,18,22)(H2,19,20,24). The lowest BCUT2D eigenvalue weighted by Gasteiger charge is -2.06. The van der Waals surface area contributed by atoms with Crippen molar-refractivity contribution in [3.8, 4) is 0 Å². The smallest absolute Gasteiger partial charge is 0.305 e. The van der Waals surface area contributed by atoms with Gasteiger partial charge in [0.2, 0.25) is 0 Å². The van der Waals surface area contributed by atoms with Crippen LogP contribution in [-0.2, 0) is 9.53 Å². The molecule has 0 unspecified atom stereocenters. The molecule has 130 valence electrons. The number of fused-ring (bicyclic) bond motifs is 1. The van der Waals surface area contributed by atoms with Crippen molar-refractivity contribution < 1.29 is 18.7 Å². The van der Waals surface area contributed by atoms with Crippen molar-refractivity contribution in [3.63, 3.8) is 0 Å². The summed E-state index contributed by atoms with van der Waals surface area (Å²) in [7, 11) is 1.37. The monoisotopic (exact) mass is 353 g/mol. The summed E-state index contributed by atoms with van der Waals surface area (Å²) in [6, 6.07) is 2.48. The van der Waals surface area contributed by atoms with Gasteiger partial charge in [0.05, 0.1) is 23.7 Å². The van der Waals surface area contributed by atoms with Gasteiger partial charge in [-0.25, -0.2) is 4.39 Å². The molecule has 0 aliphatic heterocycles. The van der Waals surface area contributed by atoms with E-state index in [-0.39, 0.29) is 17.4 Å². The van der Waals surface area contributed by atoms with Gasteiger partial charge in [-0.05, 0) is 37.2 Å². The molecule has 6 nitrogen and oxygen atoms in total. The highest BCUT2D eigenvalue weighted by Crippen LogP contribution is 2.17. The summed E-state index contributed by atoms with van der Waals surface area (Å²) in [4.78, 5) is 28.8. The lowest BCUT2D eigenvalue weighted by Crippen LogP contribution is -2.24. The number of esters is 1. The van der Waals surface area contributed by atoms with Gasteiger partial charge < -0.3 is 20.0 Å². The van der Waals surface area contributed by atoms with Crippen LogP contribution >= 0.6 is 12.2 Å². The van der Waals surface area contributed by atoms with Gasteiger partial charge in [0.1, 0.15) is 5.82 Å². The number of H-pyrrole nitrogens is 2. The first kappa shape index (κ1) is 18.1. The number of rotatable bonds is 8. The van der Waals surface area contributed by atoms with Crippen molar-refractivity contribution >= 4 is 35.1 Å². The number of methoxy groups -OCH3 is 1. The van der Waals surface area contributed by atoms with Crippen LogP contribution in [0.4, 0.5) is 4.39 Å². The van der Waals surface area contributed by atoms with Gasteiger partial charge in [-0.1, -0.05) is 12.8 Å². The number of hydrogen-bond acceptors (Lipinski definition) is 4. The van der Waals surface area contributed by atoms with Crippen LogP contribution in [0, 0.1) is 10.6 Å². The van der Waals surface area contributed by atoms with E-state index in [9.17, 15) is 14.0 Å². The van der Waals surface area contributed by atoms with E-state index in [0.29, 0.717) is 28.8 Å². The predicted molar refractivity (Wildman–Crippen MR) is 90.9 cm³/mol. The summed E-state index contributed by atoms with van der Waals surface area (Å²) < 4.78 is 18.5. The van der Waals surface area contributed by atoms with Crippen molar-refractivity contribution in [2.75, 3.05) is 13.7 Å². The Labute approximate surface area is 143 Å². The van der Waals surface area contributed by atoms with Crippen molar-refractivity contribution in [3.05, 3.63) is 28.3 Å². The highest BCUT2D eigenvalue weighted by Gasteiger charge is 2.13. The third-order valence-electron chi connectivity index (χ3n) is 3.66. The van der Waals surface area contributed by atoms with Gasteiger partial charge in [0.15, 0.2) is 4.77 Å². The van der Waals surface area contributed by atoms with E-state index in [2.05, 4.69) is 20.0 Å². The normalized spacial score (nSPS) is 10.8. The molecular weight excluding hydrogens is 333 g/mol. The zero-order valence-corrected chi connectivity index (χ0v) is 14.2. The molecule has 2 aromatic rings. The number of halogens is 1. The number of imidazole rings is 1. The van der Waals surface area contributed by atoms with Crippen LogP contribution in [0.5, 0.6) is 0 Å². The average molecular weight is 353 g/mol. The minimum Gasteiger partial charge on any atom is -0.469 e. The Kier molecular flexibility index (Phi) is 6.48. The second-order valence-electron chi connectivity index (χ2n) is 5.45. The molecule has 0 bridgehead atoms. The fourth-order valence-electron chi connectivity index (χ4n) is 2.43. The van der Waals surface area contributed by atoms with Crippen LogP contribution in [0.1, 0.15) is 42.5 Å². The Morgan fingerprint density at radius 1 is 1.21 bits per heavy atom. The third kappa shape index (κ3) is 4.89. The van der Waals surface area contributed by atoms with E-state index in [0.717, 1.165) is 25.7 Å². The number of carbonyl (C=O) groups excluding carboxylic acids is 2. The van der Waals surface area contributed by atoms with Gasteiger partial charge in [0.25, 0.3) is 5.91 Å². The maximum absolute atomic E-state index is 13.6. The summed E-state index contributed by atoms with van der Waals surface area (Å²) >= 11 is 4.98. The SMILES string of the molecule is COC(=O)CCCCCCNC(=O)c1cc(F)cc2[nH]c(=S)[nH]c12. The number of aromatic nitrogens is 2. The van der Waals surface area contributed by atoms with Crippen LogP contribution in [0.25, 0.3) is 11.0 Å². The van der Waals surface area contributed by atoms with Crippen LogP contribution in [0.3, 0.4) is 0 Å². The first-order chi connectivity index (χ1) is 11.5. The Morgan fingerprint density at radius 3 is 2.71 bits per heavy atom. The molecule has 8 heteroatoms. The molecule has 1 aromatic heterocycles. The van der Waals surface area contributed by atoms with E-state index < -0.39 is 5.82 Å². The Hall–Kier alpha value is -2.22. The average Bonchev–Trinajstić information content (AvgIpc) is 2.92. The second-order valence-corrected chi connectivity index (χ2v) is 5.86. The molecule has 1 aromatic carbocycles. The molecule has 3 N–H and O–H groups in total. The van der Waals surface area contributed by atoms with Crippen LogP contribution in [0.2, 0.25) is 0 Å². The highest BCUT2D eigenvalue weighted by molar-refractivity contribution is 7.71. The summed E-state index contributed by atoms with van der Waals surface area (Å²) in [5.41, 5.74) is 1.19. The Morgan fingerprint density at radius 2 is 1.96 bits per heavy atom. The fraction of sp³-hybridized carbons (Fsp3) is 0.438. The van der Waals surface area contributed by atoms with E-state index in [1.165, 1.54) is 19.2 Å². The van der Waals surface area contributed by atoms with Crippen molar-refractivity contribution in [1.82, 2.24) is 15.3 Å². The predicted octanol–water partition coefficient (Wildman–Crippen LogP) is 3.22. The molecule has 0 radical (unpaired) electrons. The molecular formula is C16H20FN3O3S. The highest BCUT2D eigenvalue weighted by atomic mass is 32.1. The molecule has 0 fully saturated rings. The van der Waals surface area contributed by atoms with Crippen LogP contribution < -0.4 is 5.32 Å². The first-order valence-electron chi connectivity index (χ1n) is 7.78. The largest absolute Gasteiger partial charge is 0.469 e. The summed E-state index contributed by atoms with van der Waals surface area (Å²) in [5, 5.41) is 2.77. The molecule has 0 spiro atoms. The van der Waals surface area contributed by atoms with E-state index in [4.69, 9.17) is 12.2 Å². The summed E-state index contributed by atoms with van der Waals surface area (Å²) in [5.74, 6) is -1.05. The molecule has 0 aliphatic rings. The van der Waals surface area contributed by atoms with Crippen molar-refractivity contribution in [2.24, 2.45) is 0 Å². The van der Waals surface area contributed by atoms with E-state index in [1.807, 2.05) is 0 Å². The number of hydrogen-bond donors (Lipinski definition) is 3. The van der Waals surface area contributed by atoms with Gasteiger partial charge >= 0.3 is 5.97 Å². The van der Waals surface area contributed by atoms with Gasteiger partial charge in [-0.3, -0.25) is 9.59 Å². The van der Waals surface area contributed by atoms with Crippen LogP contribution in [0.15, 0.2) is 12.1 Å². The number of ether oxygens (including phenoxy) is 1. The molecule has 1 amide bonds. The first-order valence-corrected chi connectivity index (χ1v) is 8.18. The number of aromatic amines is 2. The second kappa shape index (κ2) is 8.58. The molecule has 1 heterocycles. The molecule has 0 aliphatic carbocycles. The van der Waals surface area contributed by atoms with E-state index >= 15 is 0 Å². The Balaban J connectivity index is 1.81. The lowest BCUT2D eigenvalue weighted by molar-refractivity contribution is -0.140.